The summed E-state index contributed by atoms with van der Waals surface area (Å²) in [4.78, 5) is 6.66. The maximum atomic E-state index is 13.2. The molecule has 5 rings (SSSR count). The quantitative estimate of drug-likeness (QED) is 0.517. The second-order valence-electron chi connectivity index (χ2n) is 8.82. The molecule has 3 aromatic heterocycles. The zero-order valence-electron chi connectivity index (χ0n) is 18.3. The lowest BCUT2D eigenvalue weighted by Gasteiger charge is -2.35. The SMILES string of the molecule is CC[C@@H]1CN(c2cc(S(=O)(=O)NC3(C)CC3)cn3c(-c4nnc(C(F)F)s4)ncc23)CCN1. The highest BCUT2D eigenvalue weighted by molar-refractivity contribution is 7.89. The summed E-state index contributed by atoms with van der Waals surface area (Å²) in [5.41, 5.74) is 0.989. The van der Waals surface area contributed by atoms with E-state index < -0.39 is 27.0 Å². The Labute approximate surface area is 194 Å². The Morgan fingerprint density at radius 2 is 2.15 bits per heavy atom. The summed E-state index contributed by atoms with van der Waals surface area (Å²) in [5, 5.41) is 10.7. The van der Waals surface area contributed by atoms with Crippen molar-refractivity contribution in [1.29, 1.82) is 0 Å². The average Bonchev–Trinajstić information content (AvgIpc) is 3.19. The predicted octanol–water partition coefficient (Wildman–Crippen LogP) is 2.81. The number of halogens is 2. The van der Waals surface area contributed by atoms with Gasteiger partial charge in [0.1, 0.15) is 4.90 Å². The summed E-state index contributed by atoms with van der Waals surface area (Å²) in [6, 6.07) is 1.96. The first-order valence-corrected chi connectivity index (χ1v) is 13.1. The third kappa shape index (κ3) is 4.34. The molecule has 2 N–H and O–H groups in total. The van der Waals surface area contributed by atoms with E-state index in [9.17, 15) is 17.2 Å². The van der Waals surface area contributed by atoms with Crippen LogP contribution in [0.25, 0.3) is 16.3 Å². The molecule has 3 aromatic rings. The van der Waals surface area contributed by atoms with Crippen LogP contribution in [-0.2, 0) is 10.0 Å². The van der Waals surface area contributed by atoms with Crippen molar-refractivity contribution in [2.24, 2.45) is 0 Å². The highest BCUT2D eigenvalue weighted by Crippen LogP contribution is 2.37. The first kappa shape index (κ1) is 22.6. The van der Waals surface area contributed by atoms with Crippen LogP contribution in [0.5, 0.6) is 0 Å². The van der Waals surface area contributed by atoms with Gasteiger partial charge in [0, 0.05) is 37.4 Å². The zero-order chi connectivity index (χ0) is 23.4. The van der Waals surface area contributed by atoms with Crippen LogP contribution < -0.4 is 14.9 Å². The van der Waals surface area contributed by atoms with Gasteiger partial charge in [-0.3, -0.25) is 4.40 Å². The van der Waals surface area contributed by atoms with E-state index in [1.54, 1.807) is 16.7 Å². The second-order valence-corrected chi connectivity index (χ2v) is 11.5. The van der Waals surface area contributed by atoms with Gasteiger partial charge in [0.25, 0.3) is 6.43 Å². The van der Waals surface area contributed by atoms with E-state index in [1.807, 2.05) is 6.92 Å². The minimum atomic E-state index is -3.81. The Bertz CT molecular complexity index is 1290. The lowest BCUT2D eigenvalue weighted by atomic mass is 10.1. The van der Waals surface area contributed by atoms with Gasteiger partial charge < -0.3 is 10.2 Å². The van der Waals surface area contributed by atoms with E-state index in [4.69, 9.17) is 0 Å². The summed E-state index contributed by atoms with van der Waals surface area (Å²) in [7, 11) is -3.81. The van der Waals surface area contributed by atoms with E-state index in [0.717, 1.165) is 49.4 Å². The number of pyridine rings is 1. The Morgan fingerprint density at radius 1 is 1.36 bits per heavy atom. The number of hydrogen-bond acceptors (Lipinski definition) is 8. The maximum absolute atomic E-state index is 13.2. The van der Waals surface area contributed by atoms with Gasteiger partial charge >= 0.3 is 0 Å². The lowest BCUT2D eigenvalue weighted by molar-refractivity contribution is 0.150. The third-order valence-corrected chi connectivity index (χ3v) is 8.73. The Kier molecular flexibility index (Phi) is 5.62. The van der Waals surface area contributed by atoms with Crippen molar-refractivity contribution in [2.75, 3.05) is 24.5 Å². The molecular weight excluding hydrogens is 472 g/mol. The van der Waals surface area contributed by atoms with Crippen molar-refractivity contribution in [3.8, 4) is 10.8 Å². The Hall–Kier alpha value is -2.22. The Morgan fingerprint density at radius 3 is 2.82 bits per heavy atom. The number of nitrogens with zero attached hydrogens (tertiary/aromatic N) is 5. The number of sulfonamides is 1. The van der Waals surface area contributed by atoms with Crippen molar-refractivity contribution in [3.05, 3.63) is 23.5 Å². The topological polar surface area (TPSA) is 105 Å². The molecule has 4 heterocycles. The van der Waals surface area contributed by atoms with Crippen LogP contribution in [0.15, 0.2) is 23.4 Å². The molecule has 33 heavy (non-hydrogen) atoms. The van der Waals surface area contributed by atoms with Crippen molar-refractivity contribution < 1.29 is 17.2 Å². The van der Waals surface area contributed by atoms with Gasteiger partial charge in [-0.2, -0.15) is 0 Å². The number of fused-ring (bicyclic) bond motifs is 1. The highest BCUT2D eigenvalue weighted by Gasteiger charge is 2.41. The van der Waals surface area contributed by atoms with Crippen LogP contribution in [0.3, 0.4) is 0 Å². The fourth-order valence-electron chi connectivity index (χ4n) is 4.02. The van der Waals surface area contributed by atoms with Crippen molar-refractivity contribution >= 4 is 32.6 Å². The molecule has 0 spiro atoms. The highest BCUT2D eigenvalue weighted by atomic mass is 32.2. The van der Waals surface area contributed by atoms with Crippen LogP contribution in [0.2, 0.25) is 0 Å². The van der Waals surface area contributed by atoms with Gasteiger partial charge in [-0.25, -0.2) is 26.9 Å². The summed E-state index contributed by atoms with van der Waals surface area (Å²) in [5.74, 6) is 0.285. The molecule has 1 aliphatic carbocycles. The number of hydrogen-bond donors (Lipinski definition) is 2. The molecule has 0 bridgehead atoms. The summed E-state index contributed by atoms with van der Waals surface area (Å²) in [6.45, 7) is 6.17. The van der Waals surface area contributed by atoms with Crippen LogP contribution in [0, 0.1) is 0 Å². The van der Waals surface area contributed by atoms with Crippen LogP contribution in [-0.4, -0.2) is 59.2 Å². The molecule has 9 nitrogen and oxygen atoms in total. The molecule has 0 radical (unpaired) electrons. The fraction of sp³-hybridized carbons (Fsp3) is 0.550. The molecule has 2 aliphatic rings. The first-order valence-electron chi connectivity index (χ1n) is 10.8. The van der Waals surface area contributed by atoms with Crippen molar-refractivity contribution in [1.82, 2.24) is 29.6 Å². The van der Waals surface area contributed by atoms with E-state index in [-0.39, 0.29) is 21.8 Å². The largest absolute Gasteiger partial charge is 0.367 e. The molecule has 178 valence electrons. The summed E-state index contributed by atoms with van der Waals surface area (Å²) < 4.78 is 57.1. The van der Waals surface area contributed by atoms with Crippen LogP contribution in [0.1, 0.15) is 44.5 Å². The second kappa shape index (κ2) is 8.22. The number of anilines is 1. The average molecular weight is 498 g/mol. The molecule has 0 unspecified atom stereocenters. The number of alkyl halides is 2. The molecule has 0 amide bonds. The van der Waals surface area contributed by atoms with Crippen molar-refractivity contribution in [2.45, 2.75) is 56.0 Å². The molecule has 1 saturated heterocycles. The van der Waals surface area contributed by atoms with E-state index in [1.165, 1.54) is 6.20 Å². The number of imidazole rings is 1. The first-order chi connectivity index (χ1) is 15.7. The fourth-order valence-corrected chi connectivity index (χ4v) is 6.19. The number of aromatic nitrogens is 4. The Balaban J connectivity index is 1.65. The lowest BCUT2D eigenvalue weighted by Crippen LogP contribution is -2.50. The third-order valence-electron chi connectivity index (χ3n) is 6.19. The smallest absolute Gasteiger partial charge is 0.291 e. The van der Waals surface area contributed by atoms with Gasteiger partial charge in [-0.05, 0) is 32.3 Å². The molecule has 13 heteroatoms. The molecule has 1 atom stereocenters. The molecule has 0 aromatic carbocycles. The van der Waals surface area contributed by atoms with Gasteiger partial charge in [0.2, 0.25) is 10.0 Å². The summed E-state index contributed by atoms with van der Waals surface area (Å²) in [6.07, 6.45) is 2.89. The molecule has 2 fully saturated rings. The van der Waals surface area contributed by atoms with Crippen molar-refractivity contribution in [3.63, 3.8) is 0 Å². The monoisotopic (exact) mass is 497 g/mol. The van der Waals surface area contributed by atoms with E-state index in [0.29, 0.717) is 12.1 Å². The predicted molar refractivity (Wildman–Crippen MR) is 121 cm³/mol. The molecular formula is C20H25F2N7O2S2. The van der Waals surface area contributed by atoms with Gasteiger partial charge in [-0.15, -0.1) is 10.2 Å². The zero-order valence-corrected chi connectivity index (χ0v) is 19.9. The van der Waals surface area contributed by atoms with Gasteiger partial charge in [-0.1, -0.05) is 18.3 Å². The van der Waals surface area contributed by atoms with E-state index in [2.05, 4.69) is 37.0 Å². The minimum absolute atomic E-state index is 0.0996. The summed E-state index contributed by atoms with van der Waals surface area (Å²) >= 11 is 0.748. The number of nitrogens with one attached hydrogen (secondary N) is 2. The standard InChI is InChI=1S/C20H25F2N7O2S2/c1-3-12-10-28(7-6-23-12)14-8-13(33(30,31)27-20(2)4-5-20)11-29-15(14)9-24-17(29)19-26-25-18(32-19)16(21)22/h8-9,11-12,16,23,27H,3-7,10H2,1-2H3/t12-/m1/s1. The maximum Gasteiger partial charge on any atom is 0.291 e. The minimum Gasteiger partial charge on any atom is -0.367 e. The van der Waals surface area contributed by atoms with E-state index >= 15 is 0 Å². The van der Waals surface area contributed by atoms with Crippen LogP contribution >= 0.6 is 11.3 Å². The normalized spacial score (nSPS) is 20.6. The van der Waals surface area contributed by atoms with Gasteiger partial charge in [0.15, 0.2) is 15.8 Å². The molecule has 1 saturated carbocycles. The van der Waals surface area contributed by atoms with Crippen LogP contribution in [0.4, 0.5) is 14.5 Å². The number of rotatable bonds is 7. The van der Waals surface area contributed by atoms with Gasteiger partial charge in [0.05, 0.1) is 17.4 Å². The molecule has 1 aliphatic heterocycles. The number of piperazine rings is 1.